The molecule has 0 amide bonds. The van der Waals surface area contributed by atoms with E-state index in [1.807, 2.05) is 24.9 Å². The average Bonchev–Trinajstić information content (AvgIpc) is 3.15. The first-order valence-corrected chi connectivity index (χ1v) is 7.62. The van der Waals surface area contributed by atoms with E-state index in [1.165, 1.54) is 25.2 Å². The van der Waals surface area contributed by atoms with Gasteiger partial charge in [-0.2, -0.15) is 10.5 Å². The summed E-state index contributed by atoms with van der Waals surface area (Å²) in [7, 11) is 4.06. The van der Waals surface area contributed by atoms with E-state index in [0.29, 0.717) is 0 Å². The van der Waals surface area contributed by atoms with Gasteiger partial charge in [0.25, 0.3) is 0 Å². The van der Waals surface area contributed by atoms with E-state index >= 15 is 0 Å². The standard InChI is InChI=1S/C8H15N2.C6H11N2.C2HN3/c1-3-4-5-10-7-6-9(2)8-10;1-3-8-5-4-7(2)6-8;3-1-5-2-4/h6-8H,3-5H2,1-2H3;4-6H,3H2,1-2H3;5H/q2*+1;. The van der Waals surface area contributed by atoms with Crippen molar-refractivity contribution in [3.8, 4) is 12.4 Å². The highest BCUT2D eigenvalue weighted by atomic mass is 15.1. The molecule has 2 aromatic rings. The highest BCUT2D eigenvalue weighted by molar-refractivity contribution is 4.77. The minimum atomic E-state index is 1.06. The molecule has 124 valence electrons. The molecule has 0 saturated carbocycles. The van der Waals surface area contributed by atoms with Crippen LogP contribution in [0.1, 0.15) is 26.7 Å². The summed E-state index contributed by atoms with van der Waals surface area (Å²) in [5, 5.41) is 16.7. The Balaban J connectivity index is 0.000000335. The van der Waals surface area contributed by atoms with Crippen molar-refractivity contribution in [3.05, 3.63) is 37.4 Å². The van der Waals surface area contributed by atoms with Gasteiger partial charge >= 0.3 is 0 Å². The number of unbranched alkanes of at least 4 members (excludes halogenated alkanes) is 1. The highest BCUT2D eigenvalue weighted by Gasteiger charge is 1.96. The summed E-state index contributed by atoms with van der Waals surface area (Å²) in [5.74, 6) is 0. The van der Waals surface area contributed by atoms with E-state index in [-0.39, 0.29) is 0 Å². The lowest BCUT2D eigenvalue weighted by Gasteiger charge is -1.90. The van der Waals surface area contributed by atoms with E-state index in [4.69, 9.17) is 10.5 Å². The van der Waals surface area contributed by atoms with Crippen LogP contribution in [0.5, 0.6) is 0 Å². The first-order valence-electron chi connectivity index (χ1n) is 7.62. The number of nitrogens with one attached hydrogen (secondary N) is 1. The summed E-state index contributed by atoms with van der Waals surface area (Å²) in [4.78, 5) is 0. The van der Waals surface area contributed by atoms with Crippen LogP contribution in [0.25, 0.3) is 0 Å². The zero-order valence-electron chi connectivity index (χ0n) is 14.5. The van der Waals surface area contributed by atoms with Crippen LogP contribution in [-0.2, 0) is 27.2 Å². The normalized spacial score (nSPS) is 8.61. The highest BCUT2D eigenvalue weighted by Crippen LogP contribution is 1.85. The Morgan fingerprint density at radius 3 is 1.74 bits per heavy atom. The number of aromatic nitrogens is 4. The third kappa shape index (κ3) is 10.6. The Morgan fingerprint density at radius 1 is 0.957 bits per heavy atom. The van der Waals surface area contributed by atoms with Crippen molar-refractivity contribution in [1.82, 2.24) is 14.5 Å². The fourth-order valence-corrected chi connectivity index (χ4v) is 1.69. The molecule has 0 unspecified atom stereocenters. The number of aryl methyl sites for hydroxylation is 4. The zero-order valence-corrected chi connectivity index (χ0v) is 14.5. The smallest absolute Gasteiger partial charge is 0.240 e. The van der Waals surface area contributed by atoms with Gasteiger partial charge in [0.2, 0.25) is 12.7 Å². The van der Waals surface area contributed by atoms with Crippen LogP contribution < -0.4 is 14.5 Å². The van der Waals surface area contributed by atoms with Gasteiger partial charge in [-0.3, -0.25) is 0 Å². The Bertz CT molecular complexity index is 601. The molecule has 2 heterocycles. The van der Waals surface area contributed by atoms with Gasteiger partial charge in [0.15, 0.2) is 12.4 Å². The van der Waals surface area contributed by atoms with Gasteiger partial charge in [-0.15, -0.1) is 0 Å². The lowest BCUT2D eigenvalue weighted by molar-refractivity contribution is -0.696. The maximum Gasteiger partial charge on any atom is 0.243 e. The third-order valence-corrected chi connectivity index (χ3v) is 2.89. The van der Waals surface area contributed by atoms with Gasteiger partial charge in [-0.1, -0.05) is 13.3 Å². The van der Waals surface area contributed by atoms with Crippen molar-refractivity contribution in [3.63, 3.8) is 0 Å². The number of hydrogen-bond donors (Lipinski definition) is 1. The zero-order chi connectivity index (χ0) is 17.5. The third-order valence-electron chi connectivity index (χ3n) is 2.89. The predicted molar refractivity (Wildman–Crippen MR) is 86.2 cm³/mol. The van der Waals surface area contributed by atoms with E-state index in [0.717, 1.165) is 13.1 Å². The van der Waals surface area contributed by atoms with Crippen molar-refractivity contribution in [2.45, 2.75) is 39.8 Å². The summed E-state index contributed by atoms with van der Waals surface area (Å²) >= 11 is 0. The van der Waals surface area contributed by atoms with Crippen LogP contribution in [0.4, 0.5) is 0 Å². The molecule has 2 rings (SSSR count). The molecule has 0 radical (unpaired) electrons. The van der Waals surface area contributed by atoms with Crippen LogP contribution in [-0.4, -0.2) is 9.13 Å². The first kappa shape index (κ1) is 20.2. The van der Waals surface area contributed by atoms with E-state index in [2.05, 4.69) is 58.8 Å². The molecule has 0 aliphatic carbocycles. The molecule has 0 aromatic carbocycles. The molecule has 0 aliphatic heterocycles. The molecule has 1 N–H and O–H groups in total. The van der Waals surface area contributed by atoms with Gasteiger partial charge in [0.05, 0.1) is 27.2 Å². The van der Waals surface area contributed by atoms with Crippen molar-refractivity contribution in [2.75, 3.05) is 0 Å². The number of nitriles is 2. The monoisotopic (exact) mass is 317 g/mol. The predicted octanol–water partition coefficient (Wildman–Crippen LogP) is 0.983. The summed E-state index contributed by atoms with van der Waals surface area (Å²) in [5.41, 5.74) is 0. The quantitative estimate of drug-likeness (QED) is 0.519. The minimum Gasteiger partial charge on any atom is -0.240 e. The molecule has 2 aromatic heterocycles. The maximum absolute atomic E-state index is 7.48. The van der Waals surface area contributed by atoms with E-state index < -0.39 is 0 Å². The molecule has 0 fully saturated rings. The molecule has 7 heteroatoms. The van der Waals surface area contributed by atoms with Gasteiger partial charge in [0, 0.05) is 0 Å². The van der Waals surface area contributed by atoms with Crippen LogP contribution >= 0.6 is 0 Å². The first-order chi connectivity index (χ1) is 11.1. The Morgan fingerprint density at radius 2 is 1.48 bits per heavy atom. The van der Waals surface area contributed by atoms with Crippen molar-refractivity contribution in [2.24, 2.45) is 14.1 Å². The Hall–Kier alpha value is -2.80. The molecule has 0 bridgehead atoms. The summed E-state index contributed by atoms with van der Waals surface area (Å²) in [6, 6.07) is 0. The Labute approximate surface area is 138 Å². The lowest BCUT2D eigenvalue weighted by atomic mass is 10.3. The van der Waals surface area contributed by atoms with Crippen LogP contribution in [0.15, 0.2) is 37.4 Å². The number of nitrogens with zero attached hydrogens (tertiary/aromatic N) is 6. The number of hydrogen-bond acceptors (Lipinski definition) is 3. The molecule has 23 heavy (non-hydrogen) atoms. The summed E-state index contributed by atoms with van der Waals surface area (Å²) in [6.45, 7) is 6.54. The summed E-state index contributed by atoms with van der Waals surface area (Å²) in [6.07, 6.45) is 17.8. The largest absolute Gasteiger partial charge is 0.243 e. The Kier molecular flexibility index (Phi) is 11.3. The molecular formula is C16H27N7+2. The van der Waals surface area contributed by atoms with E-state index in [9.17, 15) is 0 Å². The molecule has 0 saturated heterocycles. The molecule has 0 aliphatic rings. The van der Waals surface area contributed by atoms with Crippen molar-refractivity contribution >= 4 is 0 Å². The van der Waals surface area contributed by atoms with Gasteiger partial charge in [0.1, 0.15) is 24.8 Å². The second-order valence-electron chi connectivity index (χ2n) is 4.93. The fourth-order valence-electron chi connectivity index (χ4n) is 1.69. The number of rotatable bonds is 4. The molecule has 0 atom stereocenters. The average molecular weight is 317 g/mol. The summed E-state index contributed by atoms with van der Waals surface area (Å²) < 4.78 is 8.43. The number of imidazole rings is 2. The molecular weight excluding hydrogens is 290 g/mol. The second-order valence-corrected chi connectivity index (χ2v) is 4.93. The van der Waals surface area contributed by atoms with Crippen molar-refractivity contribution < 1.29 is 9.13 Å². The molecule has 7 nitrogen and oxygen atoms in total. The SMILES string of the molecule is CCCC[n+]1ccn(C)c1.CC[n+]1ccn(C)c1.N#CNC#N. The van der Waals surface area contributed by atoms with Gasteiger partial charge in [-0.25, -0.2) is 23.6 Å². The van der Waals surface area contributed by atoms with Crippen LogP contribution in [0.3, 0.4) is 0 Å². The van der Waals surface area contributed by atoms with E-state index in [1.54, 1.807) is 5.32 Å². The second kappa shape index (κ2) is 12.9. The lowest BCUT2D eigenvalue weighted by Crippen LogP contribution is -2.30. The van der Waals surface area contributed by atoms with Crippen LogP contribution in [0, 0.1) is 22.9 Å². The van der Waals surface area contributed by atoms with Crippen LogP contribution in [0.2, 0.25) is 0 Å². The minimum absolute atomic E-state index is 1.06. The fraction of sp³-hybridized carbons (Fsp3) is 0.500. The van der Waals surface area contributed by atoms with Crippen molar-refractivity contribution in [1.29, 1.82) is 10.5 Å². The maximum atomic E-state index is 7.48. The van der Waals surface area contributed by atoms with Gasteiger partial charge in [-0.05, 0) is 13.3 Å². The topological polar surface area (TPSA) is 77.2 Å². The molecule has 0 spiro atoms. The van der Waals surface area contributed by atoms with Gasteiger partial charge < -0.3 is 0 Å².